The van der Waals surface area contributed by atoms with Crippen LogP contribution >= 0.6 is 0 Å². The van der Waals surface area contributed by atoms with Crippen LogP contribution in [-0.2, 0) is 0 Å². The largest absolute Gasteiger partial charge is 0.362 e. The molecule has 0 spiro atoms. The van der Waals surface area contributed by atoms with Gasteiger partial charge in [-0.1, -0.05) is 0 Å². The van der Waals surface area contributed by atoms with Crippen LogP contribution in [0.5, 0.6) is 0 Å². The van der Waals surface area contributed by atoms with E-state index in [1.165, 1.54) is 12.1 Å². The number of halogens is 1. The van der Waals surface area contributed by atoms with Crippen molar-refractivity contribution in [2.24, 2.45) is 5.73 Å². The molecule has 0 fully saturated rings. The molecule has 1 unspecified atom stereocenters. The minimum Gasteiger partial charge on any atom is -0.362 e. The van der Waals surface area contributed by atoms with Crippen LogP contribution in [-0.4, -0.2) is 13.2 Å². The van der Waals surface area contributed by atoms with Gasteiger partial charge < -0.3 is 16.4 Å². The van der Waals surface area contributed by atoms with E-state index in [1.807, 2.05) is 0 Å². The lowest BCUT2D eigenvalue weighted by Gasteiger charge is -2.04. The third kappa shape index (κ3) is 3.55. The number of hydrogen-bond donors (Lipinski definition) is 3. The maximum Gasteiger partial charge on any atom is 0.123 e. The Bertz CT molecular complexity index is 295. The first kappa shape index (κ1) is 10.7. The molecule has 1 atom stereocenters. The van der Waals surface area contributed by atoms with Crippen molar-refractivity contribution < 1.29 is 4.39 Å². The molecule has 0 bridgehead atoms. The van der Waals surface area contributed by atoms with Crippen molar-refractivity contribution in [3.8, 4) is 0 Å². The zero-order valence-electron chi connectivity index (χ0n) is 8.00. The third-order valence-corrected chi connectivity index (χ3v) is 1.73. The Morgan fingerprint density at radius 2 is 2.00 bits per heavy atom. The smallest absolute Gasteiger partial charge is 0.123 e. The van der Waals surface area contributed by atoms with Crippen molar-refractivity contribution >= 4 is 5.69 Å². The topological polar surface area (TPSA) is 50.1 Å². The van der Waals surface area contributed by atoms with Crippen LogP contribution in [0.3, 0.4) is 0 Å². The summed E-state index contributed by atoms with van der Waals surface area (Å²) in [5.74, 6) is -0.244. The van der Waals surface area contributed by atoms with Crippen LogP contribution in [0, 0.1) is 5.82 Å². The van der Waals surface area contributed by atoms with Crippen molar-refractivity contribution in [2.75, 3.05) is 12.4 Å². The Morgan fingerprint density at radius 3 is 2.57 bits per heavy atom. The first-order valence-corrected chi connectivity index (χ1v) is 4.34. The van der Waals surface area contributed by atoms with Gasteiger partial charge in [-0.05, 0) is 43.6 Å². The molecule has 0 amide bonds. The molecule has 1 aromatic rings. The van der Waals surface area contributed by atoms with Crippen molar-refractivity contribution in [1.82, 2.24) is 5.32 Å². The molecule has 0 saturated carbocycles. The Kier molecular flexibility index (Phi) is 4.10. The Balaban J connectivity index is 2.45. The quantitative estimate of drug-likeness (QED) is 0.634. The van der Waals surface area contributed by atoms with Gasteiger partial charge in [0.05, 0.1) is 6.17 Å². The molecule has 0 aliphatic rings. The number of rotatable bonds is 4. The van der Waals surface area contributed by atoms with Crippen LogP contribution in [0.25, 0.3) is 0 Å². The van der Waals surface area contributed by atoms with Gasteiger partial charge in [-0.3, -0.25) is 0 Å². The first-order valence-electron chi connectivity index (χ1n) is 4.34. The summed E-state index contributed by atoms with van der Waals surface area (Å²) in [7, 11) is 1.77. The fourth-order valence-electron chi connectivity index (χ4n) is 0.890. The Hall–Kier alpha value is -1.39. The molecule has 0 heterocycles. The van der Waals surface area contributed by atoms with Gasteiger partial charge in [0.1, 0.15) is 5.82 Å². The molecule has 76 valence electrons. The van der Waals surface area contributed by atoms with Crippen LogP contribution in [0.15, 0.2) is 36.5 Å². The lowest BCUT2D eigenvalue weighted by molar-refractivity contribution is 0.628. The van der Waals surface area contributed by atoms with E-state index in [2.05, 4.69) is 10.6 Å². The van der Waals surface area contributed by atoms with Crippen LogP contribution < -0.4 is 16.4 Å². The molecule has 1 rings (SSSR count). The second-order valence-corrected chi connectivity index (χ2v) is 2.82. The number of likely N-dealkylation sites (N-methyl/N-ethyl adjacent to an activating group) is 1. The number of nitrogens with two attached hydrogens (primary N) is 1. The molecule has 0 aliphatic carbocycles. The van der Waals surface area contributed by atoms with Gasteiger partial charge in [-0.2, -0.15) is 0 Å². The molecule has 14 heavy (non-hydrogen) atoms. The zero-order valence-corrected chi connectivity index (χ0v) is 8.00. The summed E-state index contributed by atoms with van der Waals surface area (Å²) >= 11 is 0. The highest BCUT2D eigenvalue weighted by Gasteiger charge is 1.91. The molecule has 1 aromatic carbocycles. The SMILES string of the molecule is CNC(N)/C=C\Nc1ccc(F)cc1. The molecular formula is C10H14FN3. The molecule has 4 heteroatoms. The van der Waals surface area contributed by atoms with Gasteiger partial charge in [0.2, 0.25) is 0 Å². The Morgan fingerprint density at radius 1 is 1.36 bits per heavy atom. The highest BCUT2D eigenvalue weighted by molar-refractivity contribution is 5.45. The van der Waals surface area contributed by atoms with E-state index in [4.69, 9.17) is 5.73 Å². The predicted molar refractivity (Wildman–Crippen MR) is 56.2 cm³/mol. The van der Waals surface area contributed by atoms with Gasteiger partial charge in [-0.25, -0.2) is 4.39 Å². The van der Waals surface area contributed by atoms with Crippen LogP contribution in [0.2, 0.25) is 0 Å². The van der Waals surface area contributed by atoms with Crippen LogP contribution in [0.4, 0.5) is 10.1 Å². The number of anilines is 1. The first-order chi connectivity index (χ1) is 6.72. The summed E-state index contributed by atoms with van der Waals surface area (Å²) in [5, 5.41) is 5.82. The minimum atomic E-state index is -0.244. The summed E-state index contributed by atoms with van der Waals surface area (Å²) in [6.45, 7) is 0. The Labute approximate surface area is 82.8 Å². The fraction of sp³-hybridized carbons (Fsp3) is 0.200. The van der Waals surface area contributed by atoms with E-state index >= 15 is 0 Å². The molecule has 4 N–H and O–H groups in total. The van der Waals surface area contributed by atoms with E-state index < -0.39 is 0 Å². The molecule has 0 saturated heterocycles. The van der Waals surface area contributed by atoms with Crippen molar-refractivity contribution in [3.05, 3.63) is 42.4 Å². The lowest BCUT2D eigenvalue weighted by Crippen LogP contribution is -2.32. The highest BCUT2D eigenvalue weighted by atomic mass is 19.1. The second kappa shape index (κ2) is 5.36. The maximum absolute atomic E-state index is 12.5. The average Bonchev–Trinajstić information content (AvgIpc) is 2.21. The molecule has 3 nitrogen and oxygen atoms in total. The maximum atomic E-state index is 12.5. The third-order valence-electron chi connectivity index (χ3n) is 1.73. The standard InChI is InChI=1S/C10H14FN3/c1-13-10(12)6-7-14-9-4-2-8(11)3-5-9/h2-7,10,13-14H,12H2,1H3/b7-6-. The van der Waals surface area contributed by atoms with E-state index in [1.54, 1.807) is 31.5 Å². The van der Waals surface area contributed by atoms with Gasteiger partial charge in [0, 0.05) is 5.69 Å². The highest BCUT2D eigenvalue weighted by Crippen LogP contribution is 2.07. The average molecular weight is 195 g/mol. The van der Waals surface area contributed by atoms with Gasteiger partial charge in [-0.15, -0.1) is 0 Å². The number of nitrogens with one attached hydrogen (secondary N) is 2. The van der Waals surface area contributed by atoms with Crippen molar-refractivity contribution in [1.29, 1.82) is 0 Å². The van der Waals surface area contributed by atoms with E-state index in [9.17, 15) is 4.39 Å². The van der Waals surface area contributed by atoms with Crippen LogP contribution in [0.1, 0.15) is 0 Å². The lowest BCUT2D eigenvalue weighted by atomic mass is 10.3. The molecule has 0 radical (unpaired) electrons. The van der Waals surface area contributed by atoms with Gasteiger partial charge >= 0.3 is 0 Å². The number of benzene rings is 1. The zero-order chi connectivity index (χ0) is 10.4. The molecule has 0 aromatic heterocycles. The van der Waals surface area contributed by atoms with Gasteiger partial charge in [0.25, 0.3) is 0 Å². The van der Waals surface area contributed by atoms with E-state index in [-0.39, 0.29) is 12.0 Å². The van der Waals surface area contributed by atoms with E-state index in [0.717, 1.165) is 5.69 Å². The normalized spacial score (nSPS) is 13.1. The van der Waals surface area contributed by atoms with Crippen molar-refractivity contribution in [2.45, 2.75) is 6.17 Å². The van der Waals surface area contributed by atoms with Crippen molar-refractivity contribution in [3.63, 3.8) is 0 Å². The summed E-state index contributed by atoms with van der Waals surface area (Å²) in [4.78, 5) is 0. The summed E-state index contributed by atoms with van der Waals surface area (Å²) in [6.07, 6.45) is 3.31. The fourth-order valence-corrected chi connectivity index (χ4v) is 0.890. The number of hydrogen-bond acceptors (Lipinski definition) is 3. The summed E-state index contributed by atoms with van der Waals surface area (Å²) < 4.78 is 12.5. The molecular weight excluding hydrogens is 181 g/mol. The van der Waals surface area contributed by atoms with Gasteiger partial charge in [0.15, 0.2) is 0 Å². The summed E-state index contributed by atoms with van der Waals surface area (Å²) in [6, 6.07) is 6.11. The van der Waals surface area contributed by atoms with E-state index in [0.29, 0.717) is 0 Å². The second-order valence-electron chi connectivity index (χ2n) is 2.82. The molecule has 0 aliphatic heterocycles. The minimum absolute atomic E-state index is 0.178. The monoisotopic (exact) mass is 195 g/mol. The predicted octanol–water partition coefficient (Wildman–Crippen LogP) is 1.26. The summed E-state index contributed by atoms with van der Waals surface area (Å²) in [5.41, 5.74) is 6.39.